The topological polar surface area (TPSA) is 120 Å². The van der Waals surface area contributed by atoms with E-state index in [1.807, 2.05) is 6.92 Å². The van der Waals surface area contributed by atoms with Crippen LogP contribution in [0, 0.1) is 15.5 Å². The molecule has 0 bridgehead atoms. The molecule has 3 N–H and O–H groups in total. The molecule has 2 rings (SSSR count). The number of nitrogens with one attached hydrogen (secondary N) is 1. The number of hydrogen-bond donors (Lipinski definition) is 2. The van der Waals surface area contributed by atoms with Gasteiger partial charge in [-0.25, -0.2) is 4.98 Å². The second kappa shape index (κ2) is 7.12. The molecule has 1 aliphatic rings. The Morgan fingerprint density at radius 1 is 1.50 bits per heavy atom. The van der Waals surface area contributed by atoms with Crippen LogP contribution in [0.3, 0.4) is 0 Å². The Morgan fingerprint density at radius 2 is 2.17 bits per heavy atom. The first kappa shape index (κ1) is 18.1. The summed E-state index contributed by atoms with van der Waals surface area (Å²) in [5.74, 6) is -0.757. The number of anilines is 1. The number of hydrogen-bond acceptors (Lipinski definition) is 6. The van der Waals surface area contributed by atoms with Crippen molar-refractivity contribution in [2.24, 2.45) is 5.41 Å². The molecule has 1 fully saturated rings. The molecule has 0 saturated heterocycles. The average Bonchev–Trinajstić information content (AvgIpc) is 2.54. The van der Waals surface area contributed by atoms with E-state index in [4.69, 9.17) is 10.5 Å². The minimum Gasteiger partial charge on any atom is -0.378 e. The minimum atomic E-state index is -0.673. The Kier molecular flexibility index (Phi) is 5.38. The SMILES string of the molecule is CCO[C@H]1C[C@@H](NC(=O)c2ccnc(N)c2[N+](=O)[O-])C1(CC)CC. The van der Waals surface area contributed by atoms with E-state index in [2.05, 4.69) is 24.1 Å². The van der Waals surface area contributed by atoms with Gasteiger partial charge in [0.25, 0.3) is 5.91 Å². The van der Waals surface area contributed by atoms with E-state index < -0.39 is 16.5 Å². The third-order valence-corrected chi connectivity index (χ3v) is 5.15. The van der Waals surface area contributed by atoms with Crippen LogP contribution in [0.15, 0.2) is 12.3 Å². The molecule has 8 heteroatoms. The molecule has 1 saturated carbocycles. The van der Waals surface area contributed by atoms with Gasteiger partial charge in [-0.1, -0.05) is 13.8 Å². The smallest absolute Gasteiger partial charge is 0.323 e. The minimum absolute atomic E-state index is 0.0616. The van der Waals surface area contributed by atoms with Crippen molar-refractivity contribution in [1.82, 2.24) is 10.3 Å². The summed E-state index contributed by atoms with van der Waals surface area (Å²) in [6, 6.07) is 1.24. The van der Waals surface area contributed by atoms with Crippen molar-refractivity contribution in [2.45, 2.75) is 52.2 Å². The number of nitrogens with zero attached hydrogens (tertiary/aromatic N) is 2. The molecule has 1 aliphatic carbocycles. The van der Waals surface area contributed by atoms with Crippen molar-refractivity contribution >= 4 is 17.4 Å². The summed E-state index contributed by atoms with van der Waals surface area (Å²) in [6.07, 6.45) is 3.82. The quantitative estimate of drug-likeness (QED) is 0.582. The van der Waals surface area contributed by atoms with Crippen LogP contribution < -0.4 is 11.1 Å². The van der Waals surface area contributed by atoms with Crippen LogP contribution >= 0.6 is 0 Å². The van der Waals surface area contributed by atoms with E-state index in [9.17, 15) is 14.9 Å². The molecule has 8 nitrogen and oxygen atoms in total. The zero-order valence-electron chi connectivity index (χ0n) is 14.2. The number of nitrogens with two attached hydrogens (primary N) is 1. The van der Waals surface area contributed by atoms with Gasteiger partial charge in [0.15, 0.2) is 0 Å². The zero-order chi connectivity index (χ0) is 17.9. The number of carbonyl (C=O) groups excluding carboxylic acids is 1. The van der Waals surface area contributed by atoms with E-state index in [1.165, 1.54) is 12.3 Å². The first-order valence-electron chi connectivity index (χ1n) is 8.22. The number of amides is 1. The fourth-order valence-electron chi connectivity index (χ4n) is 3.66. The van der Waals surface area contributed by atoms with Crippen molar-refractivity contribution < 1.29 is 14.5 Å². The molecule has 1 amide bonds. The zero-order valence-corrected chi connectivity index (χ0v) is 14.2. The summed E-state index contributed by atoms with van der Waals surface area (Å²) in [7, 11) is 0. The maximum Gasteiger partial charge on any atom is 0.323 e. The van der Waals surface area contributed by atoms with E-state index in [-0.39, 0.29) is 28.9 Å². The van der Waals surface area contributed by atoms with Crippen LogP contribution in [0.5, 0.6) is 0 Å². The van der Waals surface area contributed by atoms with Gasteiger partial charge in [-0.05, 0) is 32.3 Å². The maximum absolute atomic E-state index is 12.6. The first-order valence-corrected chi connectivity index (χ1v) is 8.22. The van der Waals surface area contributed by atoms with Gasteiger partial charge in [0, 0.05) is 24.3 Å². The van der Waals surface area contributed by atoms with Crippen molar-refractivity contribution in [1.29, 1.82) is 0 Å². The normalized spacial score (nSPS) is 21.8. The third kappa shape index (κ3) is 2.93. The van der Waals surface area contributed by atoms with Crippen LogP contribution in [0.1, 0.15) is 50.4 Å². The molecule has 0 aliphatic heterocycles. The van der Waals surface area contributed by atoms with Crippen LogP contribution in [-0.2, 0) is 4.74 Å². The molecule has 0 radical (unpaired) electrons. The highest BCUT2D eigenvalue weighted by molar-refractivity contribution is 5.99. The van der Waals surface area contributed by atoms with Crippen LogP contribution in [-0.4, -0.2) is 34.6 Å². The maximum atomic E-state index is 12.6. The number of rotatable bonds is 7. The van der Waals surface area contributed by atoms with Crippen LogP contribution in [0.2, 0.25) is 0 Å². The Balaban J connectivity index is 2.22. The van der Waals surface area contributed by atoms with Crippen LogP contribution in [0.4, 0.5) is 11.5 Å². The molecule has 0 spiro atoms. The van der Waals surface area contributed by atoms with Gasteiger partial charge in [-0.15, -0.1) is 0 Å². The van der Waals surface area contributed by atoms with E-state index in [1.54, 1.807) is 0 Å². The molecule has 1 heterocycles. The Labute approximate surface area is 140 Å². The lowest BCUT2D eigenvalue weighted by Gasteiger charge is -2.55. The van der Waals surface area contributed by atoms with Gasteiger partial charge in [0.05, 0.1) is 11.0 Å². The summed E-state index contributed by atoms with van der Waals surface area (Å²) in [5.41, 5.74) is 4.90. The van der Waals surface area contributed by atoms with Crippen molar-refractivity contribution in [3.63, 3.8) is 0 Å². The van der Waals surface area contributed by atoms with Crippen LogP contribution in [0.25, 0.3) is 0 Å². The molecule has 0 aromatic carbocycles. The fraction of sp³-hybridized carbons (Fsp3) is 0.625. The standard InChI is InChI=1S/C16H24N4O4/c1-4-16(5-2)11(9-12(16)24-6-3)19-15(21)10-7-8-18-14(17)13(10)20(22)23/h7-8,11-12H,4-6,9H2,1-3H3,(H2,17,18)(H,19,21)/t11-,12+/m1/s1. The second-order valence-electron chi connectivity index (χ2n) is 6.00. The van der Waals surface area contributed by atoms with Gasteiger partial charge in [-0.2, -0.15) is 0 Å². The Hall–Kier alpha value is -2.22. The summed E-state index contributed by atoms with van der Waals surface area (Å²) >= 11 is 0. The van der Waals surface area contributed by atoms with E-state index in [0.717, 1.165) is 12.8 Å². The van der Waals surface area contributed by atoms with Gasteiger partial charge in [0.1, 0.15) is 5.56 Å². The summed E-state index contributed by atoms with van der Waals surface area (Å²) < 4.78 is 5.78. The first-order chi connectivity index (χ1) is 11.4. The average molecular weight is 336 g/mol. The van der Waals surface area contributed by atoms with Gasteiger partial charge >= 0.3 is 5.69 Å². The van der Waals surface area contributed by atoms with Crippen molar-refractivity contribution in [3.05, 3.63) is 27.9 Å². The lowest BCUT2D eigenvalue weighted by atomic mass is 9.58. The molecular formula is C16H24N4O4. The third-order valence-electron chi connectivity index (χ3n) is 5.15. The van der Waals surface area contributed by atoms with Gasteiger partial charge < -0.3 is 15.8 Å². The Morgan fingerprint density at radius 3 is 2.71 bits per heavy atom. The molecule has 0 unspecified atom stereocenters. The molecule has 2 atom stereocenters. The summed E-state index contributed by atoms with van der Waals surface area (Å²) in [4.78, 5) is 26.8. The summed E-state index contributed by atoms with van der Waals surface area (Å²) in [6.45, 7) is 6.71. The van der Waals surface area contributed by atoms with Crippen molar-refractivity contribution in [3.8, 4) is 0 Å². The Bertz CT molecular complexity index is 631. The highest BCUT2D eigenvalue weighted by Gasteiger charge is 2.54. The fourth-order valence-corrected chi connectivity index (χ4v) is 3.66. The number of aromatic nitrogens is 1. The predicted octanol–water partition coefficient (Wildman–Crippen LogP) is 2.29. The van der Waals surface area contributed by atoms with E-state index >= 15 is 0 Å². The highest BCUT2D eigenvalue weighted by Crippen LogP contribution is 2.49. The molecule has 24 heavy (non-hydrogen) atoms. The molecule has 1 aromatic rings. The molecular weight excluding hydrogens is 312 g/mol. The van der Waals surface area contributed by atoms with Gasteiger partial charge in [-0.3, -0.25) is 14.9 Å². The highest BCUT2D eigenvalue weighted by atomic mass is 16.6. The molecule has 1 aromatic heterocycles. The number of pyridine rings is 1. The number of carbonyl (C=O) groups is 1. The monoisotopic (exact) mass is 336 g/mol. The lowest BCUT2D eigenvalue weighted by Crippen LogP contribution is -2.64. The van der Waals surface area contributed by atoms with E-state index in [0.29, 0.717) is 13.0 Å². The largest absolute Gasteiger partial charge is 0.378 e. The summed E-state index contributed by atoms with van der Waals surface area (Å²) in [5, 5.41) is 14.1. The van der Waals surface area contributed by atoms with Gasteiger partial charge in [0.2, 0.25) is 5.82 Å². The second-order valence-corrected chi connectivity index (χ2v) is 6.00. The molecule has 132 valence electrons. The predicted molar refractivity (Wildman–Crippen MR) is 89.6 cm³/mol. The lowest BCUT2D eigenvalue weighted by molar-refractivity contribution is -0.384. The number of nitro groups is 1. The van der Waals surface area contributed by atoms with Crippen molar-refractivity contribution in [2.75, 3.05) is 12.3 Å². The number of nitrogen functional groups attached to an aromatic ring is 1. The number of ether oxygens (including phenoxy) is 1.